The van der Waals surface area contributed by atoms with E-state index in [1.165, 1.54) is 167 Å². The van der Waals surface area contributed by atoms with Gasteiger partial charge in [-0.05, 0) is 31.1 Å². The summed E-state index contributed by atoms with van der Waals surface area (Å²) in [7, 11) is 0. The molecule has 0 rings (SSSR count). The molecule has 0 aliphatic rings. The van der Waals surface area contributed by atoms with Crippen molar-refractivity contribution in [2.75, 3.05) is 13.2 Å². The summed E-state index contributed by atoms with van der Waals surface area (Å²) in [6.07, 6.45) is 43.7. The Morgan fingerprint density at radius 3 is 0.860 bits per heavy atom. The van der Waals surface area contributed by atoms with Crippen molar-refractivity contribution in [2.45, 2.75) is 285 Å². The molecule has 0 spiro atoms. The zero-order chi connectivity index (χ0) is 41.9. The van der Waals surface area contributed by atoms with E-state index in [0.29, 0.717) is 19.3 Å². The topological polar surface area (TPSA) is 78.9 Å². The lowest BCUT2D eigenvalue weighted by molar-refractivity contribution is -0.167. The van der Waals surface area contributed by atoms with Gasteiger partial charge in [0.1, 0.15) is 13.2 Å². The maximum atomic E-state index is 12.8. The predicted molar refractivity (Wildman–Crippen MR) is 243 cm³/mol. The summed E-state index contributed by atoms with van der Waals surface area (Å²) in [6, 6.07) is 0. The number of rotatable bonds is 45. The molecule has 0 amide bonds. The van der Waals surface area contributed by atoms with Crippen molar-refractivity contribution in [1.82, 2.24) is 0 Å². The zero-order valence-corrected chi connectivity index (χ0v) is 39.0. The van der Waals surface area contributed by atoms with Gasteiger partial charge in [-0.1, -0.05) is 240 Å². The molecule has 57 heavy (non-hydrogen) atoms. The van der Waals surface area contributed by atoms with Gasteiger partial charge in [0.2, 0.25) is 0 Å². The van der Waals surface area contributed by atoms with E-state index in [1.54, 1.807) is 0 Å². The number of carbonyl (C=O) groups excluding carboxylic acids is 3. The Labute approximate surface area is 355 Å². The molecule has 0 bridgehead atoms. The second-order valence-corrected chi connectivity index (χ2v) is 18.4. The van der Waals surface area contributed by atoms with Crippen LogP contribution in [0.25, 0.3) is 0 Å². The molecule has 0 aromatic carbocycles. The largest absolute Gasteiger partial charge is 0.462 e. The van der Waals surface area contributed by atoms with E-state index in [0.717, 1.165) is 69.6 Å². The van der Waals surface area contributed by atoms with Crippen LogP contribution in [0.5, 0.6) is 0 Å². The Bertz CT molecular complexity index is 870. The lowest BCUT2D eigenvalue weighted by Gasteiger charge is -2.18. The first-order valence-electron chi connectivity index (χ1n) is 25.2. The first-order valence-corrected chi connectivity index (χ1v) is 25.2. The van der Waals surface area contributed by atoms with Crippen LogP contribution in [0.1, 0.15) is 279 Å². The van der Waals surface area contributed by atoms with Crippen molar-refractivity contribution in [3.63, 3.8) is 0 Å². The number of esters is 3. The van der Waals surface area contributed by atoms with Gasteiger partial charge in [0.25, 0.3) is 0 Å². The summed E-state index contributed by atoms with van der Waals surface area (Å²) in [4.78, 5) is 37.9. The first kappa shape index (κ1) is 55.4. The highest BCUT2D eigenvalue weighted by molar-refractivity contribution is 5.71. The number of hydrogen-bond acceptors (Lipinski definition) is 6. The molecule has 0 heterocycles. The smallest absolute Gasteiger partial charge is 0.306 e. The third-order valence-corrected chi connectivity index (χ3v) is 11.5. The molecule has 0 saturated heterocycles. The van der Waals surface area contributed by atoms with Crippen LogP contribution in [0.4, 0.5) is 0 Å². The monoisotopic (exact) mass is 807 g/mol. The molecule has 0 radical (unpaired) electrons. The van der Waals surface area contributed by atoms with Crippen molar-refractivity contribution in [3.05, 3.63) is 0 Å². The molecule has 0 aliphatic carbocycles. The van der Waals surface area contributed by atoms with E-state index in [2.05, 4.69) is 34.6 Å². The number of unbranched alkanes of at least 4 members (excludes halogenated alkanes) is 30. The molecule has 0 N–H and O–H groups in total. The Morgan fingerprint density at radius 1 is 0.333 bits per heavy atom. The van der Waals surface area contributed by atoms with Crippen LogP contribution in [0.2, 0.25) is 0 Å². The SMILES string of the molecule is CCCCCCCCCCCCCCCC(=O)OC[C@H](COC(=O)CCCCCCCCCCC(C)C)OC(=O)CCCCCCCCCCCCCCC(C)C. The molecular weight excluding hydrogens is 709 g/mol. The van der Waals surface area contributed by atoms with E-state index in [-0.39, 0.29) is 31.1 Å². The highest BCUT2D eigenvalue weighted by atomic mass is 16.6. The first-order chi connectivity index (χ1) is 27.7. The van der Waals surface area contributed by atoms with Gasteiger partial charge in [0, 0.05) is 19.3 Å². The van der Waals surface area contributed by atoms with E-state index in [4.69, 9.17) is 14.2 Å². The second kappa shape index (κ2) is 44.0. The summed E-state index contributed by atoms with van der Waals surface area (Å²) in [5, 5.41) is 0. The van der Waals surface area contributed by atoms with E-state index in [9.17, 15) is 14.4 Å². The van der Waals surface area contributed by atoms with Crippen LogP contribution in [0, 0.1) is 11.8 Å². The normalized spacial score (nSPS) is 12.1. The molecule has 0 saturated carbocycles. The van der Waals surface area contributed by atoms with Gasteiger partial charge >= 0.3 is 17.9 Å². The van der Waals surface area contributed by atoms with Crippen molar-refractivity contribution in [2.24, 2.45) is 11.8 Å². The van der Waals surface area contributed by atoms with Gasteiger partial charge in [-0.2, -0.15) is 0 Å². The summed E-state index contributed by atoms with van der Waals surface area (Å²) in [5.41, 5.74) is 0. The van der Waals surface area contributed by atoms with E-state index in [1.807, 2.05) is 0 Å². The zero-order valence-electron chi connectivity index (χ0n) is 39.0. The van der Waals surface area contributed by atoms with Crippen LogP contribution in [-0.2, 0) is 28.6 Å². The van der Waals surface area contributed by atoms with Crippen molar-refractivity contribution in [1.29, 1.82) is 0 Å². The number of ether oxygens (including phenoxy) is 3. The minimum absolute atomic E-state index is 0.0641. The highest BCUT2D eigenvalue weighted by Gasteiger charge is 2.19. The molecule has 0 fully saturated rings. The van der Waals surface area contributed by atoms with Crippen molar-refractivity contribution < 1.29 is 28.6 Å². The van der Waals surface area contributed by atoms with Crippen LogP contribution in [0.15, 0.2) is 0 Å². The van der Waals surface area contributed by atoms with Crippen molar-refractivity contribution in [3.8, 4) is 0 Å². The molecule has 0 aromatic rings. The van der Waals surface area contributed by atoms with Crippen molar-refractivity contribution >= 4 is 17.9 Å². The van der Waals surface area contributed by atoms with Gasteiger partial charge < -0.3 is 14.2 Å². The number of hydrogen-bond donors (Lipinski definition) is 0. The minimum atomic E-state index is -0.761. The third kappa shape index (κ3) is 45.3. The molecule has 0 unspecified atom stereocenters. The molecule has 338 valence electrons. The predicted octanol–water partition coefficient (Wildman–Crippen LogP) is 16.1. The van der Waals surface area contributed by atoms with Gasteiger partial charge in [-0.3, -0.25) is 14.4 Å². The van der Waals surface area contributed by atoms with Gasteiger partial charge in [0.15, 0.2) is 6.10 Å². The Balaban J connectivity index is 4.32. The Morgan fingerprint density at radius 2 is 0.579 bits per heavy atom. The average Bonchev–Trinajstić information content (AvgIpc) is 3.18. The van der Waals surface area contributed by atoms with E-state index < -0.39 is 6.10 Å². The Hall–Kier alpha value is -1.59. The van der Waals surface area contributed by atoms with E-state index >= 15 is 0 Å². The maximum Gasteiger partial charge on any atom is 0.306 e. The molecule has 6 heteroatoms. The quantitative estimate of drug-likeness (QED) is 0.0346. The molecule has 0 aromatic heterocycles. The third-order valence-electron chi connectivity index (χ3n) is 11.5. The van der Waals surface area contributed by atoms with Crippen LogP contribution < -0.4 is 0 Å². The fourth-order valence-corrected chi connectivity index (χ4v) is 7.64. The summed E-state index contributed by atoms with van der Waals surface area (Å²) < 4.78 is 16.8. The average molecular weight is 807 g/mol. The summed E-state index contributed by atoms with van der Waals surface area (Å²) in [5.74, 6) is 0.777. The summed E-state index contributed by atoms with van der Waals surface area (Å²) in [6.45, 7) is 11.3. The Kier molecular flexibility index (Phi) is 42.7. The van der Waals surface area contributed by atoms with Crippen LogP contribution in [-0.4, -0.2) is 37.2 Å². The number of carbonyl (C=O) groups is 3. The standard InChI is InChI=1S/C51H98O6/c1-6-7-8-9-10-11-12-13-17-20-26-31-36-41-49(52)55-44-48(45-56-50(53)42-37-32-27-23-22-25-30-35-40-47(4)5)57-51(54)43-38-33-28-21-18-15-14-16-19-24-29-34-39-46(2)3/h46-48H,6-45H2,1-5H3/t48-/m1/s1. The minimum Gasteiger partial charge on any atom is -0.462 e. The van der Waals surface area contributed by atoms with Crippen LogP contribution in [0.3, 0.4) is 0 Å². The highest BCUT2D eigenvalue weighted by Crippen LogP contribution is 2.17. The summed E-state index contributed by atoms with van der Waals surface area (Å²) >= 11 is 0. The van der Waals surface area contributed by atoms with Gasteiger partial charge in [-0.15, -0.1) is 0 Å². The molecule has 6 nitrogen and oxygen atoms in total. The molecule has 1 atom stereocenters. The fourth-order valence-electron chi connectivity index (χ4n) is 7.64. The molecular formula is C51H98O6. The maximum absolute atomic E-state index is 12.8. The fraction of sp³-hybridized carbons (Fsp3) is 0.941. The van der Waals surface area contributed by atoms with Gasteiger partial charge in [0.05, 0.1) is 0 Å². The molecule has 0 aliphatic heterocycles. The second-order valence-electron chi connectivity index (χ2n) is 18.4. The van der Waals surface area contributed by atoms with Crippen LogP contribution >= 0.6 is 0 Å². The lowest BCUT2D eigenvalue weighted by atomic mass is 10.0. The lowest BCUT2D eigenvalue weighted by Crippen LogP contribution is -2.30. The van der Waals surface area contributed by atoms with Gasteiger partial charge in [-0.25, -0.2) is 0 Å².